The lowest BCUT2D eigenvalue weighted by Gasteiger charge is -2.41. The fourth-order valence-electron chi connectivity index (χ4n) is 2.01. The van der Waals surface area contributed by atoms with Crippen molar-refractivity contribution in [2.75, 3.05) is 6.61 Å². The van der Waals surface area contributed by atoms with Crippen LogP contribution in [0.5, 0.6) is 0 Å². The van der Waals surface area contributed by atoms with E-state index in [9.17, 15) is 9.90 Å². The van der Waals surface area contributed by atoms with Gasteiger partial charge < -0.3 is 14.7 Å². The average Bonchev–Trinajstić information content (AvgIpc) is 2.35. The van der Waals surface area contributed by atoms with Crippen LogP contribution in [0.3, 0.4) is 0 Å². The first-order valence-electron chi connectivity index (χ1n) is 5.88. The summed E-state index contributed by atoms with van der Waals surface area (Å²) in [4.78, 5) is 13.8. The van der Waals surface area contributed by atoms with E-state index >= 15 is 0 Å². The molecule has 0 spiro atoms. The topological polar surface area (TPSA) is 49.8 Å². The van der Waals surface area contributed by atoms with Gasteiger partial charge in [-0.3, -0.25) is 4.79 Å². The smallest absolute Gasteiger partial charge is 0.255 e. The Morgan fingerprint density at radius 2 is 2.11 bits per heavy atom. The van der Waals surface area contributed by atoms with Crippen LogP contribution in [-0.2, 0) is 4.74 Å². The second kappa shape index (κ2) is 5.30. The van der Waals surface area contributed by atoms with Crippen LogP contribution in [0.4, 0.5) is 0 Å². The van der Waals surface area contributed by atoms with Crippen molar-refractivity contribution in [1.29, 1.82) is 0 Å². The maximum Gasteiger partial charge on any atom is 0.255 e. The van der Waals surface area contributed by atoms with E-state index in [0.29, 0.717) is 17.2 Å². The number of hydrogen-bond acceptors (Lipinski definition) is 3. The lowest BCUT2D eigenvalue weighted by molar-refractivity contribution is -0.140. The molecule has 2 rings (SSSR count). The monoisotopic (exact) mass is 267 g/mol. The van der Waals surface area contributed by atoms with Gasteiger partial charge in [-0.2, -0.15) is 0 Å². The van der Waals surface area contributed by atoms with Gasteiger partial charge in [-0.25, -0.2) is 0 Å². The van der Waals surface area contributed by atoms with Crippen LogP contribution in [0.25, 0.3) is 0 Å². The van der Waals surface area contributed by atoms with E-state index in [2.05, 4.69) is 0 Å². The van der Waals surface area contributed by atoms with Crippen molar-refractivity contribution in [3.05, 3.63) is 34.9 Å². The number of rotatable bonds is 1. The molecular weight excluding hydrogens is 252 g/mol. The van der Waals surface area contributed by atoms with E-state index in [0.717, 1.165) is 0 Å². The molecule has 1 fully saturated rings. The van der Waals surface area contributed by atoms with E-state index in [4.69, 9.17) is 16.3 Å². The zero-order valence-corrected chi connectivity index (χ0v) is 11.1. The maximum absolute atomic E-state index is 12.3. The number of aliphatic hydroxyl groups excluding tert-OH is 1. The highest BCUT2D eigenvalue weighted by Crippen LogP contribution is 2.19. The molecule has 0 radical (unpaired) electrons. The standard InChI is InChI=1S/C12H15BClNO3/c1-7-11(16)15(10(13)6-18-7)12(17)8-2-4-9(14)5-3-8/h2-5,7,10-11,16H,6,13H2,1H3/t7-,10+,11+/m0/s1. The Morgan fingerprint density at radius 1 is 1.50 bits per heavy atom. The van der Waals surface area contributed by atoms with Crippen LogP contribution in [0, 0.1) is 0 Å². The van der Waals surface area contributed by atoms with Gasteiger partial charge >= 0.3 is 0 Å². The first-order valence-corrected chi connectivity index (χ1v) is 6.26. The first-order chi connectivity index (χ1) is 8.50. The minimum Gasteiger partial charge on any atom is -0.372 e. The van der Waals surface area contributed by atoms with E-state index in [-0.39, 0.29) is 18.0 Å². The van der Waals surface area contributed by atoms with Crippen molar-refractivity contribution in [3.8, 4) is 0 Å². The minimum atomic E-state index is -0.920. The molecule has 1 aromatic rings. The van der Waals surface area contributed by atoms with Gasteiger partial charge in [0.15, 0.2) is 6.23 Å². The molecule has 96 valence electrons. The molecule has 1 aliphatic heterocycles. The van der Waals surface area contributed by atoms with Gasteiger partial charge in [0, 0.05) is 16.5 Å². The van der Waals surface area contributed by atoms with Crippen molar-refractivity contribution >= 4 is 25.4 Å². The molecule has 6 heteroatoms. The average molecular weight is 268 g/mol. The summed E-state index contributed by atoms with van der Waals surface area (Å²) in [5.41, 5.74) is 0.513. The fraction of sp³-hybridized carbons (Fsp3) is 0.417. The van der Waals surface area contributed by atoms with Crippen molar-refractivity contribution in [2.45, 2.75) is 25.2 Å². The van der Waals surface area contributed by atoms with Gasteiger partial charge in [0.25, 0.3) is 5.91 Å². The van der Waals surface area contributed by atoms with Gasteiger partial charge in [0.05, 0.1) is 12.7 Å². The molecule has 0 aliphatic carbocycles. The van der Waals surface area contributed by atoms with Crippen molar-refractivity contribution in [2.24, 2.45) is 0 Å². The van der Waals surface area contributed by atoms with E-state index in [1.54, 1.807) is 31.2 Å². The molecule has 3 atom stereocenters. The van der Waals surface area contributed by atoms with Crippen LogP contribution >= 0.6 is 11.6 Å². The highest BCUT2D eigenvalue weighted by atomic mass is 35.5. The lowest BCUT2D eigenvalue weighted by Crippen LogP contribution is -2.58. The van der Waals surface area contributed by atoms with Gasteiger partial charge in [-0.1, -0.05) is 11.6 Å². The molecular formula is C12H15BClNO3. The normalized spacial score (nSPS) is 28.2. The van der Waals surface area contributed by atoms with Crippen LogP contribution in [0.15, 0.2) is 24.3 Å². The molecule has 1 N–H and O–H groups in total. The summed E-state index contributed by atoms with van der Waals surface area (Å²) < 4.78 is 5.37. The zero-order chi connectivity index (χ0) is 13.3. The third kappa shape index (κ3) is 2.53. The largest absolute Gasteiger partial charge is 0.372 e. The van der Waals surface area contributed by atoms with Gasteiger partial charge in [-0.05, 0) is 31.2 Å². The third-order valence-corrected chi connectivity index (χ3v) is 3.36. The lowest BCUT2D eigenvalue weighted by atomic mass is 9.92. The Kier molecular flexibility index (Phi) is 3.95. The number of benzene rings is 1. The Hall–Kier alpha value is -1.04. The second-order valence-corrected chi connectivity index (χ2v) is 4.96. The second-order valence-electron chi connectivity index (χ2n) is 4.52. The van der Waals surface area contributed by atoms with Crippen LogP contribution in [0.2, 0.25) is 5.02 Å². The van der Waals surface area contributed by atoms with Crippen molar-refractivity contribution in [1.82, 2.24) is 4.90 Å². The molecule has 1 heterocycles. The summed E-state index contributed by atoms with van der Waals surface area (Å²) in [5.74, 6) is -0.360. The SMILES string of the molecule is B[C@H]1CO[C@@H](C)[C@@H](O)N1C(=O)c1ccc(Cl)cc1. The zero-order valence-electron chi connectivity index (χ0n) is 10.3. The molecule has 0 aromatic heterocycles. The van der Waals surface area contributed by atoms with E-state index < -0.39 is 6.23 Å². The number of nitrogens with zero attached hydrogens (tertiary/aromatic N) is 1. The predicted octanol–water partition coefficient (Wildman–Crippen LogP) is 0.478. The number of carbonyl (C=O) groups excluding carboxylic acids is 1. The molecule has 1 saturated heterocycles. The first kappa shape index (κ1) is 13.4. The van der Waals surface area contributed by atoms with E-state index in [1.807, 2.05) is 7.85 Å². The van der Waals surface area contributed by atoms with Crippen molar-refractivity contribution < 1.29 is 14.6 Å². The van der Waals surface area contributed by atoms with E-state index in [1.165, 1.54) is 4.90 Å². The summed E-state index contributed by atoms with van der Waals surface area (Å²) in [5, 5.41) is 10.6. The molecule has 1 aliphatic rings. The number of morpholine rings is 1. The van der Waals surface area contributed by atoms with Gasteiger partial charge in [-0.15, -0.1) is 0 Å². The van der Waals surface area contributed by atoms with Crippen LogP contribution in [-0.4, -0.2) is 48.6 Å². The number of aliphatic hydroxyl groups is 1. The number of halogens is 1. The molecule has 1 amide bonds. The molecule has 0 unspecified atom stereocenters. The predicted molar refractivity (Wildman–Crippen MR) is 71.4 cm³/mol. The fourth-order valence-corrected chi connectivity index (χ4v) is 2.13. The highest BCUT2D eigenvalue weighted by molar-refractivity contribution is 6.30. The number of hydrogen-bond donors (Lipinski definition) is 1. The Balaban J connectivity index is 2.23. The number of carbonyl (C=O) groups is 1. The summed E-state index contributed by atoms with van der Waals surface area (Å²) in [6, 6.07) is 6.64. The molecule has 1 aromatic carbocycles. The molecule has 0 saturated carbocycles. The Labute approximate surface area is 112 Å². The number of ether oxygens (including phenoxy) is 1. The van der Waals surface area contributed by atoms with Gasteiger partial charge in [0.1, 0.15) is 7.85 Å². The van der Waals surface area contributed by atoms with Crippen LogP contribution in [0.1, 0.15) is 17.3 Å². The summed E-state index contributed by atoms with van der Waals surface area (Å²) in [6.07, 6.45) is -1.30. The Bertz CT molecular complexity index is 439. The minimum absolute atomic E-state index is 0.153. The summed E-state index contributed by atoms with van der Waals surface area (Å²) in [6.45, 7) is 2.18. The third-order valence-electron chi connectivity index (χ3n) is 3.11. The quantitative estimate of drug-likeness (QED) is 0.753. The van der Waals surface area contributed by atoms with Gasteiger partial charge in [0.2, 0.25) is 0 Å². The number of amides is 1. The molecule has 0 bridgehead atoms. The summed E-state index contributed by atoms with van der Waals surface area (Å²) in [7, 11) is 1.85. The summed E-state index contributed by atoms with van der Waals surface area (Å²) >= 11 is 5.79. The van der Waals surface area contributed by atoms with Crippen LogP contribution < -0.4 is 0 Å². The molecule has 18 heavy (non-hydrogen) atoms. The maximum atomic E-state index is 12.3. The Morgan fingerprint density at radius 3 is 2.72 bits per heavy atom. The van der Waals surface area contributed by atoms with Crippen molar-refractivity contribution in [3.63, 3.8) is 0 Å². The molecule has 4 nitrogen and oxygen atoms in total. The highest BCUT2D eigenvalue weighted by Gasteiger charge is 2.35.